The zero-order valence-electron chi connectivity index (χ0n) is 12.3. The second-order valence-electron chi connectivity index (χ2n) is 5.27. The first kappa shape index (κ1) is 15.3. The van der Waals surface area contributed by atoms with Crippen molar-refractivity contribution in [3.63, 3.8) is 0 Å². The lowest BCUT2D eigenvalue weighted by atomic mass is 10.0. The topological polar surface area (TPSA) is 72.9 Å². The maximum atomic E-state index is 11.9. The van der Waals surface area contributed by atoms with Gasteiger partial charge in [0.15, 0.2) is 0 Å². The molecule has 112 valence electrons. The Morgan fingerprint density at radius 2 is 2.10 bits per heavy atom. The molecule has 1 amide bonds. The van der Waals surface area contributed by atoms with Crippen LogP contribution < -0.4 is 11.1 Å². The van der Waals surface area contributed by atoms with Gasteiger partial charge in [0.2, 0.25) is 5.91 Å². The van der Waals surface area contributed by atoms with Gasteiger partial charge in [0.05, 0.1) is 5.69 Å². The fourth-order valence-electron chi connectivity index (χ4n) is 2.15. The maximum Gasteiger partial charge on any atom is 0.224 e. The highest BCUT2D eigenvalue weighted by atomic mass is 16.1. The summed E-state index contributed by atoms with van der Waals surface area (Å²) in [6, 6.07) is 9.51. The molecule has 0 aliphatic heterocycles. The second-order valence-corrected chi connectivity index (χ2v) is 5.27. The molecule has 0 aliphatic rings. The quantitative estimate of drug-likeness (QED) is 0.821. The van der Waals surface area contributed by atoms with Crippen molar-refractivity contribution in [2.45, 2.75) is 26.2 Å². The van der Waals surface area contributed by atoms with E-state index in [1.54, 1.807) is 10.9 Å². The molecule has 0 saturated carbocycles. The van der Waals surface area contributed by atoms with Crippen molar-refractivity contribution in [3.8, 4) is 5.69 Å². The zero-order valence-corrected chi connectivity index (χ0v) is 12.3. The number of carbonyl (C=O) groups is 1. The van der Waals surface area contributed by atoms with E-state index in [1.165, 1.54) is 0 Å². The molecule has 0 fully saturated rings. The van der Waals surface area contributed by atoms with Crippen molar-refractivity contribution in [3.05, 3.63) is 42.7 Å². The number of nitrogens with zero attached hydrogens (tertiary/aromatic N) is 2. The van der Waals surface area contributed by atoms with Crippen LogP contribution in [0.5, 0.6) is 0 Å². The van der Waals surface area contributed by atoms with E-state index >= 15 is 0 Å². The Bertz CT molecular complexity index is 548. The van der Waals surface area contributed by atoms with Crippen LogP contribution in [0.25, 0.3) is 5.69 Å². The average molecular weight is 286 g/mol. The highest BCUT2D eigenvalue weighted by Gasteiger charge is 2.07. The lowest BCUT2D eigenvalue weighted by molar-refractivity contribution is -0.116. The van der Waals surface area contributed by atoms with Gasteiger partial charge < -0.3 is 11.1 Å². The van der Waals surface area contributed by atoms with Gasteiger partial charge in [-0.05, 0) is 55.6 Å². The summed E-state index contributed by atoms with van der Waals surface area (Å²) >= 11 is 0. The van der Waals surface area contributed by atoms with E-state index in [9.17, 15) is 4.79 Å². The van der Waals surface area contributed by atoms with Crippen molar-refractivity contribution in [1.82, 2.24) is 9.78 Å². The van der Waals surface area contributed by atoms with Crippen LogP contribution in [0.3, 0.4) is 0 Å². The number of hydrogen-bond acceptors (Lipinski definition) is 3. The third-order valence-electron chi connectivity index (χ3n) is 3.44. The molecule has 2 aromatic rings. The molecule has 0 radical (unpaired) electrons. The van der Waals surface area contributed by atoms with Gasteiger partial charge in [-0.25, -0.2) is 4.68 Å². The van der Waals surface area contributed by atoms with E-state index in [0.717, 1.165) is 24.2 Å². The summed E-state index contributed by atoms with van der Waals surface area (Å²) in [5.74, 6) is 0.536. The largest absolute Gasteiger partial charge is 0.330 e. The average Bonchev–Trinajstić information content (AvgIpc) is 3.00. The SMILES string of the molecule is CC(CCN)CCC(=O)Nc1ccc(-n2cccn2)cc1. The monoisotopic (exact) mass is 286 g/mol. The summed E-state index contributed by atoms with van der Waals surface area (Å²) in [5, 5.41) is 7.07. The second kappa shape index (κ2) is 7.59. The van der Waals surface area contributed by atoms with Crippen LogP contribution in [-0.2, 0) is 4.79 Å². The molecule has 3 N–H and O–H groups in total. The summed E-state index contributed by atoms with van der Waals surface area (Å²) in [6.07, 6.45) is 5.98. The Kier molecular flexibility index (Phi) is 5.51. The van der Waals surface area contributed by atoms with Crippen molar-refractivity contribution >= 4 is 11.6 Å². The van der Waals surface area contributed by atoms with Gasteiger partial charge >= 0.3 is 0 Å². The van der Waals surface area contributed by atoms with Gasteiger partial charge in [-0.1, -0.05) is 6.92 Å². The van der Waals surface area contributed by atoms with Gasteiger partial charge in [0, 0.05) is 24.5 Å². The number of benzene rings is 1. The first-order valence-electron chi connectivity index (χ1n) is 7.29. The van der Waals surface area contributed by atoms with Crippen LogP contribution in [0.15, 0.2) is 42.7 Å². The maximum absolute atomic E-state index is 11.9. The molecule has 1 aromatic heterocycles. The van der Waals surface area contributed by atoms with Crippen LogP contribution in [0.4, 0.5) is 5.69 Å². The Morgan fingerprint density at radius 3 is 2.71 bits per heavy atom. The van der Waals surface area contributed by atoms with Crippen molar-refractivity contribution in [2.75, 3.05) is 11.9 Å². The molecule has 21 heavy (non-hydrogen) atoms. The molecule has 5 nitrogen and oxygen atoms in total. The van der Waals surface area contributed by atoms with Crippen LogP contribution >= 0.6 is 0 Å². The number of rotatable bonds is 7. The molecular formula is C16H22N4O. The lowest BCUT2D eigenvalue weighted by Gasteiger charge is -2.10. The van der Waals surface area contributed by atoms with E-state index in [-0.39, 0.29) is 5.91 Å². The molecular weight excluding hydrogens is 264 g/mol. The van der Waals surface area contributed by atoms with E-state index in [4.69, 9.17) is 5.73 Å². The summed E-state index contributed by atoms with van der Waals surface area (Å²) in [6.45, 7) is 2.80. The minimum atomic E-state index is 0.0470. The van der Waals surface area contributed by atoms with Crippen molar-refractivity contribution in [1.29, 1.82) is 0 Å². The van der Waals surface area contributed by atoms with Gasteiger partial charge in [0.25, 0.3) is 0 Å². The smallest absolute Gasteiger partial charge is 0.224 e. The van der Waals surface area contributed by atoms with Crippen LogP contribution in [0.1, 0.15) is 26.2 Å². The molecule has 2 rings (SSSR count). The molecule has 0 saturated heterocycles. The van der Waals surface area contributed by atoms with Crippen LogP contribution in [0, 0.1) is 5.92 Å². The Hall–Kier alpha value is -2.14. The van der Waals surface area contributed by atoms with E-state index in [1.807, 2.05) is 36.5 Å². The minimum Gasteiger partial charge on any atom is -0.330 e. The minimum absolute atomic E-state index is 0.0470. The predicted octanol–water partition coefficient (Wildman–Crippen LogP) is 2.58. The number of nitrogens with one attached hydrogen (secondary N) is 1. The lowest BCUT2D eigenvalue weighted by Crippen LogP contribution is -2.14. The molecule has 1 aromatic carbocycles. The third kappa shape index (κ3) is 4.72. The summed E-state index contributed by atoms with van der Waals surface area (Å²) < 4.78 is 1.78. The predicted molar refractivity (Wildman–Crippen MR) is 84.3 cm³/mol. The molecule has 0 spiro atoms. The van der Waals surface area contributed by atoms with Crippen LogP contribution in [-0.4, -0.2) is 22.2 Å². The first-order valence-corrected chi connectivity index (χ1v) is 7.29. The number of nitrogens with two attached hydrogens (primary N) is 1. The van der Waals surface area contributed by atoms with Gasteiger partial charge in [-0.3, -0.25) is 4.79 Å². The number of carbonyl (C=O) groups excluding carboxylic acids is 1. The fourth-order valence-corrected chi connectivity index (χ4v) is 2.15. The third-order valence-corrected chi connectivity index (χ3v) is 3.44. The van der Waals surface area contributed by atoms with E-state index in [0.29, 0.717) is 18.9 Å². The molecule has 0 bridgehead atoms. The number of amides is 1. The summed E-state index contributed by atoms with van der Waals surface area (Å²) in [4.78, 5) is 11.9. The van der Waals surface area contributed by atoms with Gasteiger partial charge in [-0.2, -0.15) is 5.10 Å². The van der Waals surface area contributed by atoms with E-state index in [2.05, 4.69) is 17.3 Å². The Balaban J connectivity index is 1.84. The first-order chi connectivity index (χ1) is 10.2. The number of anilines is 1. The molecule has 1 heterocycles. The Labute approximate surface area is 125 Å². The number of aromatic nitrogens is 2. The van der Waals surface area contributed by atoms with Crippen molar-refractivity contribution in [2.24, 2.45) is 11.7 Å². The molecule has 1 atom stereocenters. The summed E-state index contributed by atoms with van der Waals surface area (Å²) in [7, 11) is 0. The van der Waals surface area contributed by atoms with Gasteiger partial charge in [-0.15, -0.1) is 0 Å². The van der Waals surface area contributed by atoms with E-state index < -0.39 is 0 Å². The van der Waals surface area contributed by atoms with Crippen LogP contribution in [0.2, 0.25) is 0 Å². The molecule has 5 heteroatoms. The fraction of sp³-hybridized carbons (Fsp3) is 0.375. The normalized spacial score (nSPS) is 12.1. The zero-order chi connectivity index (χ0) is 15.1. The molecule has 0 aliphatic carbocycles. The van der Waals surface area contributed by atoms with Crippen molar-refractivity contribution < 1.29 is 4.79 Å². The number of hydrogen-bond donors (Lipinski definition) is 2. The van der Waals surface area contributed by atoms with Gasteiger partial charge in [0.1, 0.15) is 0 Å². The Morgan fingerprint density at radius 1 is 1.33 bits per heavy atom. The highest BCUT2D eigenvalue weighted by molar-refractivity contribution is 5.90. The highest BCUT2D eigenvalue weighted by Crippen LogP contribution is 2.14. The summed E-state index contributed by atoms with van der Waals surface area (Å²) in [5.41, 5.74) is 7.28. The molecule has 1 unspecified atom stereocenters. The standard InChI is InChI=1S/C16H22N4O/c1-13(9-10-17)3-8-16(21)19-14-4-6-15(7-5-14)20-12-2-11-18-20/h2,4-7,11-13H,3,8-10,17H2,1H3,(H,19,21).